The second kappa shape index (κ2) is 9.11. The van der Waals surface area contributed by atoms with Crippen LogP contribution >= 0.6 is 23.2 Å². The highest BCUT2D eigenvalue weighted by atomic mass is 35.5. The topological polar surface area (TPSA) is 63.8 Å². The first-order chi connectivity index (χ1) is 17.0. The van der Waals surface area contributed by atoms with Gasteiger partial charge in [-0.1, -0.05) is 35.3 Å². The van der Waals surface area contributed by atoms with E-state index in [1.807, 2.05) is 42.5 Å². The number of nitrogens with zero attached hydrogens (tertiary/aromatic N) is 1. The highest BCUT2D eigenvalue weighted by molar-refractivity contribution is 6.31. The maximum absolute atomic E-state index is 13.4. The van der Waals surface area contributed by atoms with E-state index in [2.05, 4.69) is 4.98 Å². The number of fused-ring (bicyclic) bond motifs is 3. The van der Waals surface area contributed by atoms with Crippen molar-refractivity contribution in [3.8, 4) is 11.5 Å². The Balaban J connectivity index is 1.37. The number of aromatic nitrogens is 1. The van der Waals surface area contributed by atoms with Crippen molar-refractivity contribution in [3.05, 3.63) is 93.6 Å². The zero-order chi connectivity index (χ0) is 23.9. The number of carbonyl (C=O) groups excluding carboxylic acids is 1. The Morgan fingerprint density at radius 1 is 0.943 bits per heavy atom. The Morgan fingerprint density at radius 3 is 2.37 bits per heavy atom. The summed E-state index contributed by atoms with van der Waals surface area (Å²) in [6, 6.07) is 20.1. The SMILES string of the molecule is O=C(Oc1ccc(Cl)cc1)N1CCc2c([nH]c3ccc(Cl)cc23)C1c1ccc(OC2COC2)cc1. The number of carbonyl (C=O) groups is 1. The molecule has 3 heterocycles. The lowest BCUT2D eigenvalue weighted by Gasteiger charge is -2.35. The molecule has 1 N–H and O–H groups in total. The van der Waals surface area contributed by atoms with Gasteiger partial charge in [-0.2, -0.15) is 0 Å². The lowest BCUT2D eigenvalue weighted by molar-refractivity contribution is -0.0796. The fraction of sp³-hybridized carbons (Fsp3) is 0.222. The van der Waals surface area contributed by atoms with E-state index in [0.29, 0.717) is 42.0 Å². The fourth-order valence-corrected chi connectivity index (χ4v) is 4.97. The largest absolute Gasteiger partial charge is 0.486 e. The number of benzene rings is 3. The minimum atomic E-state index is -0.424. The Labute approximate surface area is 212 Å². The molecule has 3 aromatic carbocycles. The maximum Gasteiger partial charge on any atom is 0.416 e. The molecule has 8 heteroatoms. The second-order valence-corrected chi connectivity index (χ2v) is 9.59. The average molecular weight is 509 g/mol. The molecule has 4 aromatic rings. The molecular formula is C27H22Cl2N2O4. The minimum absolute atomic E-state index is 0.0893. The van der Waals surface area contributed by atoms with Gasteiger partial charge in [-0.15, -0.1) is 0 Å². The van der Waals surface area contributed by atoms with Crippen molar-refractivity contribution in [2.75, 3.05) is 19.8 Å². The minimum Gasteiger partial charge on any atom is -0.486 e. The van der Waals surface area contributed by atoms with Crippen LogP contribution in [0.15, 0.2) is 66.7 Å². The lowest BCUT2D eigenvalue weighted by atomic mass is 9.92. The highest BCUT2D eigenvalue weighted by Gasteiger charge is 2.36. The molecule has 178 valence electrons. The normalized spacial score (nSPS) is 17.7. The summed E-state index contributed by atoms with van der Waals surface area (Å²) >= 11 is 12.3. The van der Waals surface area contributed by atoms with Crippen LogP contribution in [0.3, 0.4) is 0 Å². The first kappa shape index (κ1) is 22.3. The van der Waals surface area contributed by atoms with Crippen LogP contribution in [0.2, 0.25) is 10.0 Å². The van der Waals surface area contributed by atoms with Crippen molar-refractivity contribution >= 4 is 40.2 Å². The van der Waals surface area contributed by atoms with Crippen LogP contribution in [0.5, 0.6) is 11.5 Å². The van der Waals surface area contributed by atoms with Gasteiger partial charge in [0.2, 0.25) is 0 Å². The maximum atomic E-state index is 13.4. The molecule has 1 amide bonds. The van der Waals surface area contributed by atoms with Gasteiger partial charge in [0.25, 0.3) is 0 Å². The van der Waals surface area contributed by atoms with E-state index in [1.165, 1.54) is 0 Å². The molecule has 2 aliphatic rings. The van der Waals surface area contributed by atoms with Crippen molar-refractivity contribution < 1.29 is 19.0 Å². The molecule has 0 radical (unpaired) electrons. The molecule has 6 rings (SSSR count). The summed E-state index contributed by atoms with van der Waals surface area (Å²) < 4.78 is 16.8. The number of hydrogen-bond donors (Lipinski definition) is 1. The molecule has 0 spiro atoms. The summed E-state index contributed by atoms with van der Waals surface area (Å²) in [5, 5.41) is 2.34. The lowest BCUT2D eigenvalue weighted by Crippen LogP contribution is -2.42. The van der Waals surface area contributed by atoms with Crippen molar-refractivity contribution in [2.45, 2.75) is 18.6 Å². The van der Waals surface area contributed by atoms with E-state index in [1.54, 1.807) is 29.2 Å². The van der Waals surface area contributed by atoms with E-state index in [0.717, 1.165) is 33.5 Å². The van der Waals surface area contributed by atoms with Gasteiger partial charge in [0, 0.05) is 33.2 Å². The molecule has 1 saturated heterocycles. The van der Waals surface area contributed by atoms with Crippen molar-refractivity contribution in [2.24, 2.45) is 0 Å². The van der Waals surface area contributed by atoms with Gasteiger partial charge in [-0.25, -0.2) is 4.79 Å². The summed E-state index contributed by atoms with van der Waals surface area (Å²) in [5.74, 6) is 1.22. The number of ether oxygens (including phenoxy) is 3. The van der Waals surface area contributed by atoms with Crippen molar-refractivity contribution in [1.82, 2.24) is 9.88 Å². The van der Waals surface area contributed by atoms with Gasteiger partial charge in [0.15, 0.2) is 0 Å². The van der Waals surface area contributed by atoms with Crippen LogP contribution in [-0.2, 0) is 11.2 Å². The average Bonchev–Trinajstić information content (AvgIpc) is 3.20. The summed E-state index contributed by atoms with van der Waals surface area (Å²) in [4.78, 5) is 18.7. The third kappa shape index (κ3) is 4.33. The quantitative estimate of drug-likeness (QED) is 0.346. The van der Waals surface area contributed by atoms with Crippen molar-refractivity contribution in [1.29, 1.82) is 0 Å². The standard InChI is InChI=1S/C27H22Cl2N2O4/c28-17-3-8-20(9-4-17)35-27(32)31-12-11-22-23-13-18(29)5-10-24(23)30-25(22)26(31)16-1-6-19(7-2-16)34-21-14-33-15-21/h1-10,13,21,26,30H,11-12,14-15H2. The molecule has 6 nitrogen and oxygen atoms in total. The first-order valence-corrected chi connectivity index (χ1v) is 12.2. The van der Waals surface area contributed by atoms with Gasteiger partial charge < -0.3 is 19.2 Å². The molecule has 35 heavy (non-hydrogen) atoms. The van der Waals surface area contributed by atoms with Gasteiger partial charge in [-0.3, -0.25) is 4.90 Å². The summed E-state index contributed by atoms with van der Waals surface area (Å²) in [6.07, 6.45) is 0.350. The molecule has 1 aromatic heterocycles. The number of amides is 1. The second-order valence-electron chi connectivity index (χ2n) is 8.72. The Hall–Kier alpha value is -3.19. The Kier molecular flexibility index (Phi) is 5.80. The number of aromatic amines is 1. The third-order valence-corrected chi connectivity index (χ3v) is 6.94. The van der Waals surface area contributed by atoms with Gasteiger partial charge in [0.1, 0.15) is 23.6 Å². The fourth-order valence-electron chi connectivity index (χ4n) is 4.67. The summed E-state index contributed by atoms with van der Waals surface area (Å²) in [5.41, 5.74) is 4.06. The molecule has 0 bridgehead atoms. The molecule has 1 fully saturated rings. The summed E-state index contributed by atoms with van der Waals surface area (Å²) in [7, 11) is 0. The van der Waals surface area contributed by atoms with Crippen LogP contribution in [-0.4, -0.2) is 41.8 Å². The van der Waals surface area contributed by atoms with E-state index in [9.17, 15) is 4.79 Å². The van der Waals surface area contributed by atoms with Crippen LogP contribution in [0.1, 0.15) is 22.9 Å². The van der Waals surface area contributed by atoms with Gasteiger partial charge in [0.05, 0.1) is 13.2 Å². The molecule has 0 aliphatic carbocycles. The van der Waals surface area contributed by atoms with Gasteiger partial charge in [-0.05, 0) is 72.1 Å². The van der Waals surface area contributed by atoms with E-state index in [4.69, 9.17) is 37.4 Å². The van der Waals surface area contributed by atoms with Crippen LogP contribution in [0.4, 0.5) is 4.79 Å². The molecule has 2 aliphatic heterocycles. The Bertz CT molecular complexity index is 1380. The van der Waals surface area contributed by atoms with E-state index in [-0.39, 0.29) is 12.1 Å². The molecule has 1 atom stereocenters. The third-order valence-electron chi connectivity index (χ3n) is 6.45. The first-order valence-electron chi connectivity index (χ1n) is 11.4. The van der Waals surface area contributed by atoms with E-state index < -0.39 is 6.09 Å². The van der Waals surface area contributed by atoms with Crippen LogP contribution < -0.4 is 9.47 Å². The van der Waals surface area contributed by atoms with Crippen molar-refractivity contribution in [3.63, 3.8) is 0 Å². The van der Waals surface area contributed by atoms with E-state index >= 15 is 0 Å². The predicted octanol–water partition coefficient (Wildman–Crippen LogP) is 6.40. The molecule has 1 unspecified atom stereocenters. The predicted molar refractivity (Wildman–Crippen MR) is 135 cm³/mol. The Morgan fingerprint density at radius 2 is 1.66 bits per heavy atom. The zero-order valence-electron chi connectivity index (χ0n) is 18.7. The molecular weight excluding hydrogens is 487 g/mol. The van der Waals surface area contributed by atoms with Crippen LogP contribution in [0, 0.1) is 0 Å². The van der Waals surface area contributed by atoms with Crippen LogP contribution in [0.25, 0.3) is 10.9 Å². The number of H-pyrrole nitrogens is 1. The summed E-state index contributed by atoms with van der Waals surface area (Å²) in [6.45, 7) is 1.71. The molecule has 0 saturated carbocycles. The number of rotatable bonds is 4. The van der Waals surface area contributed by atoms with Gasteiger partial charge >= 0.3 is 6.09 Å². The zero-order valence-corrected chi connectivity index (χ0v) is 20.2. The number of nitrogens with one attached hydrogen (secondary N) is 1. The smallest absolute Gasteiger partial charge is 0.416 e. The number of halogens is 2. The highest BCUT2D eigenvalue weighted by Crippen LogP contribution is 2.40. The number of hydrogen-bond acceptors (Lipinski definition) is 4. The monoisotopic (exact) mass is 508 g/mol.